The molecule has 0 fully saturated rings. The first-order valence-corrected chi connectivity index (χ1v) is 8.11. The van der Waals surface area contributed by atoms with Gasteiger partial charge >= 0.3 is 5.97 Å². The second kappa shape index (κ2) is 7.35. The number of phenols is 1. The van der Waals surface area contributed by atoms with Crippen LogP contribution in [0.25, 0.3) is 10.8 Å². The molecule has 134 valence electrons. The van der Waals surface area contributed by atoms with Gasteiger partial charge in [-0.2, -0.15) is 0 Å². The molecule has 3 rings (SSSR count). The van der Waals surface area contributed by atoms with Crippen molar-refractivity contribution in [1.82, 2.24) is 0 Å². The Bertz CT molecular complexity index is 948. The number of esters is 1. The molecule has 3 aromatic rings. The standard InChI is InChI=1S/C21H20O5/c1-24-15-10-14-11-17(21(23)26-3)16(9-13-7-5-4-6-8-13)20(22)19(14)18(12-15)25-2/h4-8,10-12,22H,9H2,1-3H3. The lowest BCUT2D eigenvalue weighted by atomic mass is 9.94. The minimum Gasteiger partial charge on any atom is -0.507 e. The molecule has 5 heteroatoms. The molecule has 0 heterocycles. The molecule has 5 nitrogen and oxygen atoms in total. The Hall–Kier alpha value is -3.21. The quantitative estimate of drug-likeness (QED) is 0.705. The molecule has 0 unspecified atom stereocenters. The molecule has 0 aliphatic heterocycles. The van der Waals surface area contributed by atoms with E-state index in [0.29, 0.717) is 39.8 Å². The Morgan fingerprint density at radius 1 is 1.00 bits per heavy atom. The lowest BCUT2D eigenvalue weighted by Gasteiger charge is -2.16. The van der Waals surface area contributed by atoms with Gasteiger partial charge in [0.15, 0.2) is 0 Å². The molecule has 0 saturated carbocycles. The molecular weight excluding hydrogens is 332 g/mol. The van der Waals surface area contributed by atoms with E-state index in [2.05, 4.69) is 0 Å². The second-order valence-corrected chi connectivity index (χ2v) is 5.83. The van der Waals surface area contributed by atoms with Crippen LogP contribution in [0.5, 0.6) is 17.2 Å². The van der Waals surface area contributed by atoms with Crippen LogP contribution >= 0.6 is 0 Å². The van der Waals surface area contributed by atoms with Gasteiger partial charge in [0.05, 0.1) is 32.3 Å². The largest absolute Gasteiger partial charge is 0.507 e. The van der Waals surface area contributed by atoms with Gasteiger partial charge in [-0.05, 0) is 23.1 Å². The van der Waals surface area contributed by atoms with Gasteiger partial charge in [-0.1, -0.05) is 30.3 Å². The summed E-state index contributed by atoms with van der Waals surface area (Å²) in [5.74, 6) is 0.545. The van der Waals surface area contributed by atoms with E-state index in [4.69, 9.17) is 14.2 Å². The highest BCUT2D eigenvalue weighted by molar-refractivity contribution is 6.03. The Kier molecular flexibility index (Phi) is 4.98. The van der Waals surface area contributed by atoms with Crippen molar-refractivity contribution in [2.45, 2.75) is 6.42 Å². The number of aromatic hydroxyl groups is 1. The molecule has 26 heavy (non-hydrogen) atoms. The molecule has 0 amide bonds. The van der Waals surface area contributed by atoms with E-state index >= 15 is 0 Å². The van der Waals surface area contributed by atoms with Gasteiger partial charge in [-0.15, -0.1) is 0 Å². The highest BCUT2D eigenvalue weighted by atomic mass is 16.5. The van der Waals surface area contributed by atoms with E-state index in [9.17, 15) is 9.90 Å². The summed E-state index contributed by atoms with van der Waals surface area (Å²) >= 11 is 0. The maximum absolute atomic E-state index is 12.3. The molecule has 0 atom stereocenters. The molecular formula is C21H20O5. The third-order valence-electron chi connectivity index (χ3n) is 4.34. The monoisotopic (exact) mass is 352 g/mol. The number of ether oxygens (including phenoxy) is 3. The van der Waals surface area contributed by atoms with Crippen LogP contribution in [-0.4, -0.2) is 32.4 Å². The number of carbonyl (C=O) groups is 1. The van der Waals surface area contributed by atoms with Crippen LogP contribution in [0.15, 0.2) is 48.5 Å². The predicted molar refractivity (Wildman–Crippen MR) is 99.3 cm³/mol. The van der Waals surface area contributed by atoms with E-state index in [1.54, 1.807) is 25.3 Å². The van der Waals surface area contributed by atoms with Gasteiger partial charge in [0.2, 0.25) is 0 Å². The first-order valence-electron chi connectivity index (χ1n) is 8.11. The lowest BCUT2D eigenvalue weighted by Crippen LogP contribution is -2.07. The molecule has 0 aromatic heterocycles. The van der Waals surface area contributed by atoms with Crippen LogP contribution in [-0.2, 0) is 11.2 Å². The number of phenolic OH excluding ortho intramolecular Hbond substituents is 1. The van der Waals surface area contributed by atoms with E-state index < -0.39 is 5.97 Å². The lowest BCUT2D eigenvalue weighted by molar-refractivity contribution is 0.0599. The molecule has 3 aromatic carbocycles. The van der Waals surface area contributed by atoms with E-state index in [1.807, 2.05) is 30.3 Å². The fourth-order valence-electron chi connectivity index (χ4n) is 3.05. The summed E-state index contributed by atoms with van der Waals surface area (Å²) in [5, 5.41) is 12.2. The van der Waals surface area contributed by atoms with Crippen LogP contribution in [0.4, 0.5) is 0 Å². The third-order valence-corrected chi connectivity index (χ3v) is 4.34. The average Bonchev–Trinajstić information content (AvgIpc) is 2.69. The van der Waals surface area contributed by atoms with Gasteiger partial charge in [0, 0.05) is 18.1 Å². The highest BCUT2D eigenvalue weighted by Crippen LogP contribution is 2.41. The summed E-state index contributed by atoms with van der Waals surface area (Å²) in [6.45, 7) is 0. The normalized spacial score (nSPS) is 10.6. The first-order chi connectivity index (χ1) is 12.6. The van der Waals surface area contributed by atoms with Crippen molar-refractivity contribution in [3.63, 3.8) is 0 Å². The van der Waals surface area contributed by atoms with Crippen molar-refractivity contribution in [3.05, 3.63) is 65.2 Å². The van der Waals surface area contributed by atoms with Crippen molar-refractivity contribution in [3.8, 4) is 17.2 Å². The fraction of sp³-hybridized carbons (Fsp3) is 0.190. The Labute approximate surface area is 151 Å². The van der Waals surface area contributed by atoms with Gasteiger partial charge in [-0.25, -0.2) is 4.79 Å². The predicted octanol–water partition coefficient (Wildman–Crippen LogP) is 3.94. The zero-order chi connectivity index (χ0) is 18.7. The molecule has 0 aliphatic rings. The number of carbonyl (C=O) groups excluding carboxylic acids is 1. The molecule has 0 spiro atoms. The van der Waals surface area contributed by atoms with E-state index in [1.165, 1.54) is 14.2 Å². The minimum absolute atomic E-state index is 0.00579. The zero-order valence-electron chi connectivity index (χ0n) is 14.9. The van der Waals surface area contributed by atoms with Crippen LogP contribution in [0.2, 0.25) is 0 Å². The summed E-state index contributed by atoms with van der Waals surface area (Å²) in [5.41, 5.74) is 1.79. The third kappa shape index (κ3) is 3.16. The summed E-state index contributed by atoms with van der Waals surface area (Å²) in [6.07, 6.45) is 0.391. The molecule has 0 radical (unpaired) electrons. The maximum Gasteiger partial charge on any atom is 0.338 e. The van der Waals surface area contributed by atoms with Gasteiger partial charge in [0.25, 0.3) is 0 Å². The Morgan fingerprint density at radius 3 is 2.35 bits per heavy atom. The molecule has 0 bridgehead atoms. The van der Waals surface area contributed by atoms with E-state index in [0.717, 1.165) is 5.56 Å². The van der Waals surface area contributed by atoms with Gasteiger partial charge < -0.3 is 19.3 Å². The Morgan fingerprint density at radius 2 is 1.73 bits per heavy atom. The highest BCUT2D eigenvalue weighted by Gasteiger charge is 2.22. The zero-order valence-corrected chi connectivity index (χ0v) is 14.9. The number of hydrogen-bond acceptors (Lipinski definition) is 5. The van der Waals surface area contributed by atoms with Crippen LogP contribution in [0.3, 0.4) is 0 Å². The maximum atomic E-state index is 12.3. The second-order valence-electron chi connectivity index (χ2n) is 5.83. The SMILES string of the molecule is COC(=O)c1cc2cc(OC)cc(OC)c2c(O)c1Cc1ccccc1. The van der Waals surface area contributed by atoms with Crippen molar-refractivity contribution in [1.29, 1.82) is 0 Å². The number of rotatable bonds is 5. The van der Waals surface area contributed by atoms with Crippen molar-refractivity contribution >= 4 is 16.7 Å². The average molecular weight is 352 g/mol. The van der Waals surface area contributed by atoms with Gasteiger partial charge in [-0.3, -0.25) is 0 Å². The van der Waals surface area contributed by atoms with Crippen LogP contribution in [0.1, 0.15) is 21.5 Å². The number of fused-ring (bicyclic) bond motifs is 1. The number of methoxy groups -OCH3 is 3. The fourth-order valence-corrected chi connectivity index (χ4v) is 3.05. The summed E-state index contributed by atoms with van der Waals surface area (Å²) < 4.78 is 15.6. The molecule has 1 N–H and O–H groups in total. The van der Waals surface area contributed by atoms with Crippen molar-refractivity contribution in [2.24, 2.45) is 0 Å². The van der Waals surface area contributed by atoms with E-state index in [-0.39, 0.29) is 5.75 Å². The summed E-state index contributed by atoms with van der Waals surface area (Å²) in [7, 11) is 4.40. The summed E-state index contributed by atoms with van der Waals surface area (Å²) in [4.78, 5) is 12.3. The Balaban J connectivity index is 2.30. The summed E-state index contributed by atoms with van der Waals surface area (Å²) in [6, 6.07) is 14.8. The van der Waals surface area contributed by atoms with Gasteiger partial charge in [0.1, 0.15) is 17.2 Å². The smallest absolute Gasteiger partial charge is 0.338 e. The number of hydrogen-bond donors (Lipinski definition) is 1. The first kappa shape index (κ1) is 17.6. The van der Waals surface area contributed by atoms with Crippen LogP contribution < -0.4 is 9.47 Å². The van der Waals surface area contributed by atoms with Crippen molar-refractivity contribution < 1.29 is 24.1 Å². The molecule has 0 saturated heterocycles. The van der Waals surface area contributed by atoms with Crippen molar-refractivity contribution in [2.75, 3.05) is 21.3 Å². The van der Waals surface area contributed by atoms with Crippen LogP contribution in [0, 0.1) is 0 Å². The topological polar surface area (TPSA) is 65.0 Å². The number of benzene rings is 3. The molecule has 0 aliphatic carbocycles. The minimum atomic E-state index is -0.505.